The number of nitrogens with one attached hydrogen (secondary N) is 1. The predicted octanol–water partition coefficient (Wildman–Crippen LogP) is 1.97. The summed E-state index contributed by atoms with van der Waals surface area (Å²) in [5, 5.41) is 3.33. The molecule has 6 heteroatoms. The van der Waals surface area contributed by atoms with Gasteiger partial charge in [-0.25, -0.2) is 4.79 Å². The van der Waals surface area contributed by atoms with E-state index in [9.17, 15) is 14.4 Å². The number of fused-ring (bicyclic) bond motifs is 1. The SMILES string of the molecule is CCC(C(=O)NC(C)C)n1c(=O)n(CC)c(=O)c2cc(C)ccc21. The summed E-state index contributed by atoms with van der Waals surface area (Å²) in [6, 6.07) is 4.70. The predicted molar refractivity (Wildman–Crippen MR) is 95.5 cm³/mol. The van der Waals surface area contributed by atoms with Crippen molar-refractivity contribution >= 4 is 16.8 Å². The van der Waals surface area contributed by atoms with Crippen molar-refractivity contribution in [3.05, 3.63) is 44.6 Å². The maximum Gasteiger partial charge on any atom is 0.332 e. The molecule has 0 fully saturated rings. The molecule has 0 aliphatic rings. The van der Waals surface area contributed by atoms with Gasteiger partial charge in [-0.15, -0.1) is 0 Å². The first-order valence-electron chi connectivity index (χ1n) is 8.37. The van der Waals surface area contributed by atoms with Crippen molar-refractivity contribution in [3.63, 3.8) is 0 Å². The van der Waals surface area contributed by atoms with Crippen molar-refractivity contribution < 1.29 is 4.79 Å². The average molecular weight is 331 g/mol. The van der Waals surface area contributed by atoms with E-state index in [1.54, 1.807) is 19.1 Å². The van der Waals surface area contributed by atoms with Crippen LogP contribution in [0.2, 0.25) is 0 Å². The summed E-state index contributed by atoms with van der Waals surface area (Å²) in [5.74, 6) is -0.210. The quantitative estimate of drug-likeness (QED) is 0.910. The van der Waals surface area contributed by atoms with Gasteiger partial charge in [-0.3, -0.25) is 18.7 Å². The second-order valence-electron chi connectivity index (χ2n) is 6.31. The normalized spacial score (nSPS) is 12.6. The Kier molecular flexibility index (Phi) is 5.26. The summed E-state index contributed by atoms with van der Waals surface area (Å²) in [6.45, 7) is 9.53. The van der Waals surface area contributed by atoms with E-state index >= 15 is 0 Å². The van der Waals surface area contributed by atoms with E-state index in [0.29, 0.717) is 17.3 Å². The summed E-state index contributed by atoms with van der Waals surface area (Å²) in [4.78, 5) is 38.0. The van der Waals surface area contributed by atoms with Crippen LogP contribution >= 0.6 is 0 Å². The highest BCUT2D eigenvalue weighted by molar-refractivity contribution is 5.84. The number of hydrogen-bond donors (Lipinski definition) is 1. The molecule has 0 saturated heterocycles. The number of carbonyl (C=O) groups is 1. The Balaban J connectivity index is 2.83. The molecule has 0 aliphatic heterocycles. The highest BCUT2D eigenvalue weighted by atomic mass is 16.2. The van der Waals surface area contributed by atoms with E-state index in [1.165, 1.54) is 9.13 Å². The van der Waals surface area contributed by atoms with Gasteiger partial charge in [-0.2, -0.15) is 0 Å². The van der Waals surface area contributed by atoms with Crippen molar-refractivity contribution in [2.45, 2.75) is 59.7 Å². The van der Waals surface area contributed by atoms with Crippen LogP contribution in [0.3, 0.4) is 0 Å². The molecule has 1 unspecified atom stereocenters. The van der Waals surface area contributed by atoms with Crippen molar-refractivity contribution in [3.8, 4) is 0 Å². The lowest BCUT2D eigenvalue weighted by Gasteiger charge is -2.22. The first-order valence-corrected chi connectivity index (χ1v) is 8.37. The molecule has 130 valence electrons. The van der Waals surface area contributed by atoms with Crippen LogP contribution in [0.5, 0.6) is 0 Å². The van der Waals surface area contributed by atoms with Gasteiger partial charge >= 0.3 is 5.69 Å². The maximum absolute atomic E-state index is 12.9. The third-order valence-corrected chi connectivity index (χ3v) is 4.07. The average Bonchev–Trinajstić information content (AvgIpc) is 2.51. The summed E-state index contributed by atoms with van der Waals surface area (Å²) < 4.78 is 2.64. The molecule has 24 heavy (non-hydrogen) atoms. The smallest absolute Gasteiger partial charge is 0.332 e. The second kappa shape index (κ2) is 7.03. The highest BCUT2D eigenvalue weighted by Crippen LogP contribution is 2.18. The fourth-order valence-electron chi connectivity index (χ4n) is 2.94. The molecule has 0 radical (unpaired) electrons. The number of benzene rings is 1. The third-order valence-electron chi connectivity index (χ3n) is 4.07. The largest absolute Gasteiger partial charge is 0.352 e. The zero-order chi connectivity index (χ0) is 18.0. The van der Waals surface area contributed by atoms with Crippen LogP contribution in [0.25, 0.3) is 10.9 Å². The van der Waals surface area contributed by atoms with Gasteiger partial charge in [-0.1, -0.05) is 18.6 Å². The maximum atomic E-state index is 12.9. The molecule has 6 nitrogen and oxygen atoms in total. The van der Waals surface area contributed by atoms with Gasteiger partial charge in [-0.05, 0) is 46.2 Å². The summed E-state index contributed by atoms with van der Waals surface area (Å²) in [5.41, 5.74) is 0.694. The lowest BCUT2D eigenvalue weighted by molar-refractivity contribution is -0.124. The second-order valence-corrected chi connectivity index (χ2v) is 6.31. The van der Waals surface area contributed by atoms with Gasteiger partial charge in [0.2, 0.25) is 5.91 Å². The summed E-state index contributed by atoms with van der Waals surface area (Å²) in [7, 11) is 0. The molecular formula is C18H25N3O3. The number of hydrogen-bond acceptors (Lipinski definition) is 3. The molecule has 1 amide bonds. The standard InChI is InChI=1S/C18H25N3O3/c1-6-14(16(22)19-11(3)4)21-15-9-8-12(5)10-13(15)17(23)20(7-2)18(21)24/h8-11,14H,6-7H2,1-5H3,(H,19,22). The number of rotatable bonds is 5. The molecule has 1 heterocycles. The summed E-state index contributed by atoms with van der Waals surface area (Å²) in [6.07, 6.45) is 0.462. The van der Waals surface area contributed by atoms with Crippen LogP contribution in [0.4, 0.5) is 0 Å². The number of amides is 1. The van der Waals surface area contributed by atoms with E-state index in [1.807, 2.05) is 33.8 Å². The minimum atomic E-state index is -0.650. The van der Waals surface area contributed by atoms with Crippen LogP contribution in [0.15, 0.2) is 27.8 Å². The Hall–Kier alpha value is -2.37. The molecule has 0 saturated carbocycles. The minimum Gasteiger partial charge on any atom is -0.352 e. The van der Waals surface area contributed by atoms with Crippen LogP contribution in [0.1, 0.15) is 45.7 Å². The fourth-order valence-corrected chi connectivity index (χ4v) is 2.94. The molecule has 0 bridgehead atoms. The Morgan fingerprint density at radius 2 is 1.88 bits per heavy atom. The Morgan fingerprint density at radius 1 is 1.21 bits per heavy atom. The van der Waals surface area contributed by atoms with Crippen molar-refractivity contribution in [2.75, 3.05) is 0 Å². The van der Waals surface area contributed by atoms with E-state index in [0.717, 1.165) is 5.56 Å². The van der Waals surface area contributed by atoms with Crippen LogP contribution < -0.4 is 16.6 Å². The zero-order valence-electron chi connectivity index (χ0n) is 14.9. The van der Waals surface area contributed by atoms with Gasteiger partial charge in [0.1, 0.15) is 6.04 Å². The molecule has 1 aromatic heterocycles. The molecule has 0 spiro atoms. The minimum absolute atomic E-state index is 0.0205. The molecular weight excluding hydrogens is 306 g/mol. The first kappa shape index (κ1) is 18.0. The molecule has 2 aromatic rings. The monoisotopic (exact) mass is 331 g/mol. The van der Waals surface area contributed by atoms with Crippen molar-refractivity contribution in [1.29, 1.82) is 0 Å². The van der Waals surface area contributed by atoms with Crippen molar-refractivity contribution in [2.24, 2.45) is 0 Å². The lowest BCUT2D eigenvalue weighted by Crippen LogP contribution is -2.45. The number of carbonyl (C=O) groups excluding carboxylic acids is 1. The molecule has 0 aliphatic carbocycles. The topological polar surface area (TPSA) is 73.1 Å². The molecule has 1 atom stereocenters. The fraction of sp³-hybridized carbons (Fsp3) is 0.500. The van der Waals surface area contributed by atoms with Crippen LogP contribution in [-0.4, -0.2) is 21.1 Å². The molecule has 2 rings (SSSR count). The van der Waals surface area contributed by atoms with E-state index in [-0.39, 0.29) is 24.1 Å². The Bertz CT molecular complexity index is 877. The molecule has 1 N–H and O–H groups in total. The number of aryl methyl sites for hydroxylation is 1. The summed E-state index contributed by atoms with van der Waals surface area (Å²) >= 11 is 0. The van der Waals surface area contributed by atoms with Gasteiger partial charge in [0.15, 0.2) is 0 Å². The van der Waals surface area contributed by atoms with Crippen LogP contribution in [-0.2, 0) is 11.3 Å². The first-order chi connectivity index (χ1) is 11.3. The Labute approximate surface area is 141 Å². The third kappa shape index (κ3) is 3.13. The van der Waals surface area contributed by atoms with Gasteiger partial charge in [0, 0.05) is 12.6 Å². The van der Waals surface area contributed by atoms with E-state index in [4.69, 9.17) is 0 Å². The van der Waals surface area contributed by atoms with Gasteiger partial charge < -0.3 is 5.32 Å². The zero-order valence-corrected chi connectivity index (χ0v) is 14.9. The van der Waals surface area contributed by atoms with E-state index < -0.39 is 11.7 Å². The van der Waals surface area contributed by atoms with Crippen molar-refractivity contribution in [1.82, 2.24) is 14.5 Å². The number of nitrogens with zero attached hydrogens (tertiary/aromatic N) is 2. The van der Waals surface area contributed by atoms with E-state index in [2.05, 4.69) is 5.32 Å². The van der Waals surface area contributed by atoms with Gasteiger partial charge in [0.05, 0.1) is 10.9 Å². The van der Waals surface area contributed by atoms with Gasteiger partial charge in [0.25, 0.3) is 5.56 Å². The molecule has 1 aromatic carbocycles. The highest BCUT2D eigenvalue weighted by Gasteiger charge is 2.24. The Morgan fingerprint density at radius 3 is 2.42 bits per heavy atom. The van der Waals surface area contributed by atoms with Crippen LogP contribution in [0, 0.1) is 6.92 Å². The number of aromatic nitrogens is 2. The lowest BCUT2D eigenvalue weighted by atomic mass is 10.1.